The minimum Gasteiger partial charge on any atom is -0.449 e. The van der Waals surface area contributed by atoms with Crippen LogP contribution in [0.4, 0.5) is 4.79 Å². The summed E-state index contributed by atoms with van der Waals surface area (Å²) in [6, 6.07) is 0.0406. The van der Waals surface area contributed by atoms with Gasteiger partial charge in [0.05, 0.1) is 6.61 Å². The number of nitrogens with one attached hydrogen (secondary N) is 1. The predicted octanol–water partition coefficient (Wildman–Crippen LogP) is 0.352. The van der Waals surface area contributed by atoms with Gasteiger partial charge in [0.15, 0.2) is 0 Å². The summed E-state index contributed by atoms with van der Waals surface area (Å²) in [7, 11) is 0. The van der Waals surface area contributed by atoms with Gasteiger partial charge in [-0.05, 0) is 18.8 Å². The lowest BCUT2D eigenvalue weighted by Crippen LogP contribution is -2.47. The van der Waals surface area contributed by atoms with Crippen LogP contribution in [0.25, 0.3) is 0 Å². The molecule has 0 aromatic carbocycles. The lowest BCUT2D eigenvalue weighted by atomic mass is 10.1. The zero-order chi connectivity index (χ0) is 13.5. The Balaban J connectivity index is 2.26. The summed E-state index contributed by atoms with van der Waals surface area (Å²) in [5.41, 5.74) is 0. The Morgan fingerprint density at radius 1 is 1.39 bits per heavy atom. The molecule has 0 unspecified atom stereocenters. The maximum absolute atomic E-state index is 11.7. The molecule has 104 valence electrons. The fourth-order valence-electron chi connectivity index (χ4n) is 1.81. The number of rotatable bonds is 4. The second-order valence-electron chi connectivity index (χ2n) is 4.96. The van der Waals surface area contributed by atoms with Crippen molar-refractivity contribution in [3.05, 3.63) is 0 Å². The molecule has 6 heteroatoms. The van der Waals surface area contributed by atoms with Crippen molar-refractivity contribution in [2.75, 3.05) is 26.3 Å². The zero-order valence-corrected chi connectivity index (χ0v) is 11.0. The van der Waals surface area contributed by atoms with E-state index in [0.29, 0.717) is 38.5 Å². The number of likely N-dealkylation sites (tertiary alicyclic amines) is 1. The minimum atomic E-state index is -0.489. The van der Waals surface area contributed by atoms with E-state index in [4.69, 9.17) is 9.84 Å². The first-order valence-electron chi connectivity index (χ1n) is 6.35. The standard InChI is InChI=1S/C12H22N2O4/c1-9(2)8-18-12(17)14-5-3-10(4-6-14)13-11(16)7-15/h9-10,15H,3-8H2,1-2H3,(H,13,16). The summed E-state index contributed by atoms with van der Waals surface area (Å²) in [6.07, 6.45) is 1.11. The molecule has 0 spiro atoms. The van der Waals surface area contributed by atoms with Crippen LogP contribution in [0.5, 0.6) is 0 Å². The van der Waals surface area contributed by atoms with E-state index in [-0.39, 0.29) is 18.0 Å². The molecule has 1 aliphatic heterocycles. The number of hydrogen-bond donors (Lipinski definition) is 2. The first-order chi connectivity index (χ1) is 8.52. The van der Waals surface area contributed by atoms with E-state index in [1.54, 1.807) is 4.90 Å². The van der Waals surface area contributed by atoms with E-state index in [1.807, 2.05) is 13.8 Å². The zero-order valence-electron chi connectivity index (χ0n) is 11.0. The molecule has 1 rings (SSSR count). The molecule has 2 amide bonds. The number of aliphatic hydroxyl groups excluding tert-OH is 1. The third-order valence-electron chi connectivity index (χ3n) is 2.80. The molecule has 18 heavy (non-hydrogen) atoms. The first-order valence-corrected chi connectivity index (χ1v) is 6.35. The summed E-state index contributed by atoms with van der Waals surface area (Å²) in [4.78, 5) is 24.3. The van der Waals surface area contributed by atoms with Crippen LogP contribution >= 0.6 is 0 Å². The normalized spacial score (nSPS) is 16.8. The molecule has 0 aromatic heterocycles. The highest BCUT2D eigenvalue weighted by atomic mass is 16.6. The average Bonchev–Trinajstić information content (AvgIpc) is 2.36. The molecule has 6 nitrogen and oxygen atoms in total. The maximum Gasteiger partial charge on any atom is 0.409 e. The van der Waals surface area contributed by atoms with Crippen LogP contribution in [-0.2, 0) is 9.53 Å². The third-order valence-corrected chi connectivity index (χ3v) is 2.80. The molecule has 0 atom stereocenters. The predicted molar refractivity (Wildman–Crippen MR) is 66.0 cm³/mol. The Bertz CT molecular complexity index is 286. The molecule has 1 fully saturated rings. The Morgan fingerprint density at radius 3 is 2.50 bits per heavy atom. The second kappa shape index (κ2) is 7.20. The highest BCUT2D eigenvalue weighted by molar-refractivity contribution is 5.77. The van der Waals surface area contributed by atoms with Crippen molar-refractivity contribution in [1.82, 2.24) is 10.2 Å². The topological polar surface area (TPSA) is 78.9 Å². The summed E-state index contributed by atoms with van der Waals surface area (Å²) >= 11 is 0. The van der Waals surface area contributed by atoms with Crippen molar-refractivity contribution >= 4 is 12.0 Å². The second-order valence-corrected chi connectivity index (χ2v) is 4.96. The van der Waals surface area contributed by atoms with Crippen LogP contribution in [0.1, 0.15) is 26.7 Å². The number of nitrogens with zero attached hydrogens (tertiary/aromatic N) is 1. The van der Waals surface area contributed by atoms with Crippen LogP contribution in [0.15, 0.2) is 0 Å². The minimum absolute atomic E-state index is 0.0406. The number of ether oxygens (including phenoxy) is 1. The Morgan fingerprint density at radius 2 is 2.00 bits per heavy atom. The molecular weight excluding hydrogens is 236 g/mol. The molecule has 0 saturated carbocycles. The van der Waals surface area contributed by atoms with Gasteiger partial charge in [-0.15, -0.1) is 0 Å². The van der Waals surface area contributed by atoms with Gasteiger partial charge in [-0.1, -0.05) is 13.8 Å². The van der Waals surface area contributed by atoms with Crippen molar-refractivity contribution in [2.24, 2.45) is 5.92 Å². The van der Waals surface area contributed by atoms with Gasteiger partial charge < -0.3 is 20.1 Å². The molecule has 1 heterocycles. The summed E-state index contributed by atoms with van der Waals surface area (Å²) < 4.78 is 5.14. The van der Waals surface area contributed by atoms with Gasteiger partial charge in [-0.2, -0.15) is 0 Å². The Hall–Kier alpha value is -1.30. The van der Waals surface area contributed by atoms with E-state index in [0.717, 1.165) is 0 Å². The third kappa shape index (κ3) is 4.91. The fraction of sp³-hybridized carbons (Fsp3) is 0.833. The van der Waals surface area contributed by atoms with Gasteiger partial charge in [0.1, 0.15) is 6.61 Å². The van der Waals surface area contributed by atoms with E-state index >= 15 is 0 Å². The highest BCUT2D eigenvalue weighted by Gasteiger charge is 2.24. The molecule has 0 radical (unpaired) electrons. The van der Waals surface area contributed by atoms with E-state index in [1.165, 1.54) is 0 Å². The molecule has 2 N–H and O–H groups in total. The molecule has 1 saturated heterocycles. The Kier molecular flexibility index (Phi) is 5.91. The smallest absolute Gasteiger partial charge is 0.409 e. The van der Waals surface area contributed by atoms with Crippen LogP contribution in [0.3, 0.4) is 0 Å². The number of carbonyl (C=O) groups is 2. The number of amides is 2. The van der Waals surface area contributed by atoms with Crippen LogP contribution in [0.2, 0.25) is 0 Å². The average molecular weight is 258 g/mol. The van der Waals surface area contributed by atoms with Gasteiger partial charge in [0.2, 0.25) is 5.91 Å². The first kappa shape index (κ1) is 14.8. The summed E-state index contributed by atoms with van der Waals surface area (Å²) in [6.45, 7) is 5.07. The molecule has 0 aliphatic carbocycles. The molecule has 1 aliphatic rings. The van der Waals surface area contributed by atoms with Gasteiger partial charge in [0, 0.05) is 19.1 Å². The van der Waals surface area contributed by atoms with Crippen molar-refractivity contribution in [3.63, 3.8) is 0 Å². The van der Waals surface area contributed by atoms with Crippen molar-refractivity contribution in [3.8, 4) is 0 Å². The Labute approximate surface area is 107 Å². The van der Waals surface area contributed by atoms with E-state index in [9.17, 15) is 9.59 Å². The highest BCUT2D eigenvalue weighted by Crippen LogP contribution is 2.11. The monoisotopic (exact) mass is 258 g/mol. The van der Waals surface area contributed by atoms with Crippen molar-refractivity contribution in [1.29, 1.82) is 0 Å². The van der Waals surface area contributed by atoms with Gasteiger partial charge in [-0.3, -0.25) is 4.79 Å². The van der Waals surface area contributed by atoms with Crippen molar-refractivity contribution < 1.29 is 19.4 Å². The lowest BCUT2D eigenvalue weighted by molar-refractivity contribution is -0.124. The van der Waals surface area contributed by atoms with Crippen LogP contribution < -0.4 is 5.32 Å². The van der Waals surface area contributed by atoms with Gasteiger partial charge >= 0.3 is 6.09 Å². The molecule has 0 bridgehead atoms. The van der Waals surface area contributed by atoms with Crippen LogP contribution in [0, 0.1) is 5.92 Å². The SMILES string of the molecule is CC(C)COC(=O)N1CCC(NC(=O)CO)CC1. The largest absolute Gasteiger partial charge is 0.449 e. The number of piperidine rings is 1. The molecule has 0 aromatic rings. The van der Waals surface area contributed by atoms with E-state index < -0.39 is 6.61 Å². The number of carbonyl (C=O) groups excluding carboxylic acids is 2. The summed E-state index contributed by atoms with van der Waals surface area (Å²) in [5, 5.41) is 11.3. The van der Waals surface area contributed by atoms with E-state index in [2.05, 4.69) is 5.32 Å². The lowest BCUT2D eigenvalue weighted by Gasteiger charge is -2.31. The number of hydrogen-bond acceptors (Lipinski definition) is 4. The molecular formula is C12H22N2O4. The van der Waals surface area contributed by atoms with Gasteiger partial charge in [-0.25, -0.2) is 4.79 Å². The quantitative estimate of drug-likeness (QED) is 0.762. The maximum atomic E-state index is 11.7. The fourth-order valence-corrected chi connectivity index (χ4v) is 1.81. The van der Waals surface area contributed by atoms with Crippen LogP contribution in [-0.4, -0.2) is 54.4 Å². The van der Waals surface area contributed by atoms with Gasteiger partial charge in [0.25, 0.3) is 0 Å². The summed E-state index contributed by atoms with van der Waals surface area (Å²) in [5.74, 6) is -0.0360. The number of aliphatic hydroxyl groups is 1. The van der Waals surface area contributed by atoms with Crippen molar-refractivity contribution in [2.45, 2.75) is 32.7 Å².